The smallest absolute Gasteiger partial charge is 0.332 e. The van der Waals surface area contributed by atoms with Crippen LogP contribution in [0.15, 0.2) is 79.8 Å². The number of halogens is 1. The van der Waals surface area contributed by atoms with Crippen LogP contribution in [0.2, 0.25) is 5.28 Å². The third-order valence-corrected chi connectivity index (χ3v) is 8.79. The number of hydrogen-bond donors (Lipinski definition) is 2. The molecule has 4 aromatic heterocycles. The van der Waals surface area contributed by atoms with Gasteiger partial charge in [0.25, 0.3) is 17.1 Å². The molecular weight excluding hydrogens is 692 g/mol. The molecule has 52 heavy (non-hydrogen) atoms. The molecule has 0 fully saturated rings. The molecule has 0 unspecified atom stereocenters. The van der Waals surface area contributed by atoms with Crippen molar-refractivity contribution in [2.24, 2.45) is 0 Å². The molecule has 2 aromatic carbocycles. The largest absolute Gasteiger partial charge is 0.465 e. The molecule has 0 amide bonds. The molecule has 4 heterocycles. The summed E-state index contributed by atoms with van der Waals surface area (Å²) in [4.78, 5) is 60.0. The number of aliphatic hydroxyl groups is 2. The third kappa shape index (κ3) is 7.66. The second-order valence-electron chi connectivity index (χ2n) is 11.8. The molecule has 0 saturated heterocycles. The molecule has 16 heteroatoms. The molecule has 0 radical (unpaired) electrons. The average Bonchev–Trinajstić information content (AvgIpc) is 3.66. The number of aryl methyl sites for hydroxylation is 2. The summed E-state index contributed by atoms with van der Waals surface area (Å²) in [6.07, 6.45) is 0.653. The summed E-state index contributed by atoms with van der Waals surface area (Å²) in [5.41, 5.74) is 1.51. The Hall–Kier alpha value is -5.25. The van der Waals surface area contributed by atoms with Crippen LogP contribution in [0.4, 0.5) is 0 Å². The Morgan fingerprint density at radius 1 is 0.615 bits per heavy atom. The maximum Gasteiger partial charge on any atom is 0.332 e. The molecule has 276 valence electrons. The second kappa shape index (κ2) is 17.3. The quantitative estimate of drug-likeness (QED) is 0.160. The van der Waals surface area contributed by atoms with Gasteiger partial charge in [0, 0.05) is 39.4 Å². The van der Waals surface area contributed by atoms with E-state index in [9.17, 15) is 19.2 Å². The minimum atomic E-state index is -0.437. The van der Waals surface area contributed by atoms with Gasteiger partial charge in [0.05, 0.1) is 19.7 Å². The molecule has 0 bridgehead atoms. The van der Waals surface area contributed by atoms with Crippen molar-refractivity contribution >= 4 is 33.9 Å². The highest BCUT2D eigenvalue weighted by Gasteiger charge is 2.23. The van der Waals surface area contributed by atoms with Crippen LogP contribution in [-0.4, -0.2) is 67.4 Å². The zero-order valence-corrected chi connectivity index (χ0v) is 30.2. The van der Waals surface area contributed by atoms with E-state index in [2.05, 4.69) is 9.97 Å². The first-order valence-electron chi connectivity index (χ1n) is 17.3. The Balaban J connectivity index is 0.000000202. The molecule has 0 spiro atoms. The highest BCUT2D eigenvalue weighted by Crippen LogP contribution is 2.21. The normalized spacial score (nSPS) is 11.3. The maximum absolute atomic E-state index is 13.1. The van der Waals surface area contributed by atoms with E-state index in [-0.39, 0.29) is 31.6 Å². The first-order valence-corrected chi connectivity index (χ1v) is 17.6. The van der Waals surface area contributed by atoms with Crippen molar-refractivity contribution in [2.75, 3.05) is 19.8 Å². The first-order chi connectivity index (χ1) is 25.2. The van der Waals surface area contributed by atoms with Crippen LogP contribution in [0.1, 0.15) is 44.7 Å². The zero-order valence-electron chi connectivity index (χ0n) is 29.4. The summed E-state index contributed by atoms with van der Waals surface area (Å²) in [6.45, 7) is 7.54. The van der Waals surface area contributed by atoms with Crippen molar-refractivity contribution in [1.82, 2.24) is 37.4 Å². The summed E-state index contributed by atoms with van der Waals surface area (Å²) in [6, 6.07) is 19.6. The number of imidazole rings is 2. The maximum atomic E-state index is 13.1. The van der Waals surface area contributed by atoms with Gasteiger partial charge in [-0.1, -0.05) is 60.7 Å². The molecule has 0 aliphatic heterocycles. The number of aliphatic hydroxyl groups excluding tert-OH is 2. The topological polar surface area (TPSA) is 173 Å². The van der Waals surface area contributed by atoms with Gasteiger partial charge in [-0.2, -0.15) is 9.97 Å². The van der Waals surface area contributed by atoms with Crippen LogP contribution in [-0.2, 0) is 39.3 Å². The molecule has 6 aromatic rings. The Labute approximate surface area is 303 Å². The van der Waals surface area contributed by atoms with Gasteiger partial charge in [0.1, 0.15) is 0 Å². The standard InChI is InChI=1S/C19H24N4O4.C17H19ClN4O3/c1-3-21-16-15(17(25)22(19(21)26)11-8-12-24)23(18(20-16)27-4-2)13-14-9-6-5-7-10-14;1-2-20-14-13(15(24)21(17(20)25)9-6-10-23)22(16(18)19-14)11-12-7-4-3-5-8-12/h5-7,9-10,24H,3-4,8,11-13H2,1-2H3;3-5,7-8,23H,2,6,9-11H2,1H3. The molecule has 6 rings (SSSR count). The molecular formula is C36H43ClN8O7. The van der Waals surface area contributed by atoms with Gasteiger partial charge in [-0.05, 0) is 56.3 Å². The Morgan fingerprint density at radius 2 is 1.06 bits per heavy atom. The van der Waals surface area contributed by atoms with Crippen molar-refractivity contribution in [3.8, 4) is 6.01 Å². The van der Waals surface area contributed by atoms with Gasteiger partial charge in [-0.25, -0.2) is 9.59 Å². The molecule has 0 atom stereocenters. The molecule has 0 saturated carbocycles. The number of nitrogens with zero attached hydrogens (tertiary/aromatic N) is 8. The highest BCUT2D eigenvalue weighted by molar-refractivity contribution is 6.29. The van der Waals surface area contributed by atoms with E-state index in [4.69, 9.17) is 26.6 Å². The van der Waals surface area contributed by atoms with Gasteiger partial charge in [0.2, 0.25) is 5.28 Å². The predicted octanol–water partition coefficient (Wildman–Crippen LogP) is 2.67. The second-order valence-corrected chi connectivity index (χ2v) is 12.2. The fraction of sp³-hybridized carbons (Fsp3) is 0.389. The minimum absolute atomic E-state index is 0.0937. The molecule has 0 aliphatic carbocycles. The van der Waals surface area contributed by atoms with Gasteiger partial charge in [-0.15, -0.1) is 0 Å². The lowest BCUT2D eigenvalue weighted by Crippen LogP contribution is -2.40. The van der Waals surface area contributed by atoms with Crippen LogP contribution >= 0.6 is 11.6 Å². The van der Waals surface area contributed by atoms with Crippen molar-refractivity contribution in [2.45, 2.75) is 72.9 Å². The van der Waals surface area contributed by atoms with Crippen molar-refractivity contribution in [3.63, 3.8) is 0 Å². The summed E-state index contributed by atoms with van der Waals surface area (Å²) >= 11 is 6.28. The Kier molecular flexibility index (Phi) is 12.6. The lowest BCUT2D eigenvalue weighted by Gasteiger charge is -2.11. The van der Waals surface area contributed by atoms with E-state index in [0.29, 0.717) is 74.0 Å². The molecule has 2 N–H and O–H groups in total. The van der Waals surface area contributed by atoms with Gasteiger partial charge in [0.15, 0.2) is 22.3 Å². The molecule has 15 nitrogen and oxygen atoms in total. The van der Waals surface area contributed by atoms with Gasteiger partial charge >= 0.3 is 11.4 Å². The number of ether oxygens (including phenoxy) is 1. The fourth-order valence-electron chi connectivity index (χ4n) is 6.02. The van der Waals surface area contributed by atoms with E-state index in [1.807, 2.05) is 81.4 Å². The van der Waals surface area contributed by atoms with Crippen LogP contribution in [0.25, 0.3) is 22.3 Å². The average molecular weight is 735 g/mol. The van der Waals surface area contributed by atoms with Gasteiger partial charge < -0.3 is 19.5 Å². The summed E-state index contributed by atoms with van der Waals surface area (Å²) in [5.74, 6) is 0. The minimum Gasteiger partial charge on any atom is -0.465 e. The number of aromatic nitrogens is 8. The van der Waals surface area contributed by atoms with Crippen LogP contribution < -0.4 is 27.2 Å². The van der Waals surface area contributed by atoms with Crippen LogP contribution in [0.5, 0.6) is 6.01 Å². The van der Waals surface area contributed by atoms with Gasteiger partial charge in [-0.3, -0.25) is 32.4 Å². The summed E-state index contributed by atoms with van der Waals surface area (Å²) < 4.78 is 14.2. The van der Waals surface area contributed by atoms with E-state index in [1.54, 1.807) is 9.13 Å². The third-order valence-electron chi connectivity index (χ3n) is 8.50. The molecule has 0 aliphatic rings. The Bertz CT molecular complexity index is 2370. The van der Waals surface area contributed by atoms with Crippen molar-refractivity contribution < 1.29 is 14.9 Å². The summed E-state index contributed by atoms with van der Waals surface area (Å²) in [7, 11) is 0. The number of hydrogen-bond acceptors (Lipinski definition) is 9. The fourth-order valence-corrected chi connectivity index (χ4v) is 6.24. The number of fused-ring (bicyclic) bond motifs is 2. The van der Waals surface area contributed by atoms with Crippen LogP contribution in [0, 0.1) is 0 Å². The van der Waals surface area contributed by atoms with E-state index < -0.39 is 22.5 Å². The van der Waals surface area contributed by atoms with Crippen molar-refractivity contribution in [3.05, 3.63) is 119 Å². The zero-order chi connectivity index (χ0) is 37.4. The Morgan fingerprint density at radius 3 is 1.50 bits per heavy atom. The van der Waals surface area contributed by atoms with E-state index >= 15 is 0 Å². The highest BCUT2D eigenvalue weighted by atomic mass is 35.5. The monoisotopic (exact) mass is 734 g/mol. The number of rotatable bonds is 14. The first kappa shape index (κ1) is 38.0. The SMILES string of the molecule is CCOc1nc2c(c(=O)n(CCCO)c(=O)n2CC)n1Cc1ccccc1.CCn1c(=O)n(CCCO)c(=O)c2c1nc(Cl)n2Cc1ccccc1. The lowest BCUT2D eigenvalue weighted by atomic mass is 10.2. The van der Waals surface area contributed by atoms with Crippen LogP contribution in [0.3, 0.4) is 0 Å². The van der Waals surface area contributed by atoms with E-state index in [0.717, 1.165) is 15.7 Å². The van der Waals surface area contributed by atoms with E-state index in [1.165, 1.54) is 13.7 Å². The predicted molar refractivity (Wildman–Crippen MR) is 199 cm³/mol. The summed E-state index contributed by atoms with van der Waals surface area (Å²) in [5, 5.41) is 18.3. The lowest BCUT2D eigenvalue weighted by molar-refractivity contribution is 0.277. The number of benzene rings is 2. The van der Waals surface area contributed by atoms with Crippen molar-refractivity contribution in [1.29, 1.82) is 0 Å².